The molecule has 0 aromatic carbocycles. The van der Waals surface area contributed by atoms with Crippen LogP contribution < -0.4 is 10.6 Å². The van der Waals surface area contributed by atoms with E-state index >= 15 is 0 Å². The summed E-state index contributed by atoms with van der Waals surface area (Å²) in [5.74, 6) is 0.504. The van der Waals surface area contributed by atoms with Gasteiger partial charge in [-0.05, 0) is 25.0 Å². The van der Waals surface area contributed by atoms with Crippen LogP contribution in [0.4, 0.5) is 10.9 Å². The predicted octanol–water partition coefficient (Wildman–Crippen LogP) is 1.78. The number of rotatable bonds is 4. The third-order valence-corrected chi connectivity index (χ3v) is 3.73. The lowest BCUT2D eigenvalue weighted by Crippen LogP contribution is -2.30. The Labute approximate surface area is 125 Å². The number of aromatic nitrogens is 3. The van der Waals surface area contributed by atoms with Gasteiger partial charge < -0.3 is 10.1 Å². The van der Waals surface area contributed by atoms with Gasteiger partial charge in [-0.25, -0.2) is 4.98 Å². The van der Waals surface area contributed by atoms with Crippen LogP contribution in [0.5, 0.6) is 0 Å². The number of carbonyl (C=O) groups excluding carboxylic acids is 1. The molecule has 0 radical (unpaired) electrons. The predicted molar refractivity (Wildman–Crippen MR) is 79.6 cm³/mol. The summed E-state index contributed by atoms with van der Waals surface area (Å²) in [5, 5.41) is 13.9. The number of nitrogens with zero attached hydrogens (tertiary/aromatic N) is 3. The number of amides is 1. The Kier molecular flexibility index (Phi) is 4.37. The molecule has 3 rings (SSSR count). The van der Waals surface area contributed by atoms with Gasteiger partial charge in [0.1, 0.15) is 11.3 Å². The molecule has 2 N–H and O–H groups in total. The van der Waals surface area contributed by atoms with Gasteiger partial charge in [0, 0.05) is 12.8 Å². The molecule has 1 saturated heterocycles. The van der Waals surface area contributed by atoms with E-state index in [-0.39, 0.29) is 11.9 Å². The van der Waals surface area contributed by atoms with Crippen molar-refractivity contribution in [3.63, 3.8) is 0 Å². The van der Waals surface area contributed by atoms with E-state index in [0.717, 1.165) is 25.3 Å². The molecule has 1 atom stereocenters. The van der Waals surface area contributed by atoms with Gasteiger partial charge in [-0.1, -0.05) is 11.3 Å². The maximum absolute atomic E-state index is 12.0. The molecule has 2 aromatic heterocycles. The molecule has 1 aliphatic heterocycles. The van der Waals surface area contributed by atoms with Crippen molar-refractivity contribution in [2.24, 2.45) is 0 Å². The van der Waals surface area contributed by atoms with E-state index in [4.69, 9.17) is 4.74 Å². The first-order valence-corrected chi connectivity index (χ1v) is 7.57. The monoisotopic (exact) mass is 305 g/mol. The highest BCUT2D eigenvalue weighted by atomic mass is 32.1. The molecule has 1 aliphatic rings. The molecule has 3 heterocycles. The van der Waals surface area contributed by atoms with Crippen LogP contribution in [-0.2, 0) is 4.74 Å². The summed E-state index contributed by atoms with van der Waals surface area (Å²) in [6.07, 6.45) is 3.67. The summed E-state index contributed by atoms with van der Waals surface area (Å²) in [6, 6.07) is 3.81. The smallest absolute Gasteiger partial charge is 0.259 e. The average molecular weight is 305 g/mol. The number of carbonyl (C=O) groups is 1. The van der Waals surface area contributed by atoms with E-state index in [1.165, 1.54) is 11.3 Å². The van der Waals surface area contributed by atoms with Gasteiger partial charge in [-0.2, -0.15) is 0 Å². The number of anilines is 2. The average Bonchev–Trinajstić information content (AvgIpc) is 3.02. The van der Waals surface area contributed by atoms with E-state index in [1.54, 1.807) is 23.8 Å². The van der Waals surface area contributed by atoms with Crippen molar-refractivity contribution in [2.45, 2.75) is 18.9 Å². The van der Waals surface area contributed by atoms with E-state index in [2.05, 4.69) is 25.8 Å². The number of pyridine rings is 1. The van der Waals surface area contributed by atoms with Gasteiger partial charge in [0.25, 0.3) is 5.91 Å². The Morgan fingerprint density at radius 1 is 1.43 bits per heavy atom. The summed E-state index contributed by atoms with van der Waals surface area (Å²) in [5.41, 5.74) is 2.04. The van der Waals surface area contributed by atoms with Crippen LogP contribution in [-0.4, -0.2) is 40.3 Å². The summed E-state index contributed by atoms with van der Waals surface area (Å²) in [6.45, 7) is 1.53. The second kappa shape index (κ2) is 6.59. The minimum Gasteiger partial charge on any atom is -0.379 e. The van der Waals surface area contributed by atoms with E-state index in [9.17, 15) is 4.79 Å². The summed E-state index contributed by atoms with van der Waals surface area (Å²) in [7, 11) is 0. The second-order valence-electron chi connectivity index (χ2n) is 4.69. The van der Waals surface area contributed by atoms with Crippen molar-refractivity contribution in [3.8, 4) is 0 Å². The van der Waals surface area contributed by atoms with Crippen molar-refractivity contribution in [3.05, 3.63) is 29.4 Å². The first-order chi connectivity index (χ1) is 10.3. The van der Waals surface area contributed by atoms with Gasteiger partial charge in [-0.3, -0.25) is 10.1 Å². The van der Waals surface area contributed by atoms with Crippen molar-refractivity contribution < 1.29 is 9.53 Å². The zero-order chi connectivity index (χ0) is 14.5. The Morgan fingerprint density at radius 2 is 2.38 bits per heavy atom. The highest BCUT2D eigenvalue weighted by Crippen LogP contribution is 2.14. The van der Waals surface area contributed by atoms with E-state index < -0.39 is 0 Å². The fourth-order valence-electron chi connectivity index (χ4n) is 2.07. The largest absolute Gasteiger partial charge is 0.379 e. The quantitative estimate of drug-likeness (QED) is 0.895. The molecule has 2 aromatic rings. The third kappa shape index (κ3) is 3.73. The highest BCUT2D eigenvalue weighted by molar-refractivity contribution is 7.13. The number of ether oxygens (including phenoxy) is 1. The lowest BCUT2D eigenvalue weighted by molar-refractivity contribution is 0.0875. The highest BCUT2D eigenvalue weighted by Gasteiger charge is 2.14. The van der Waals surface area contributed by atoms with E-state index in [0.29, 0.717) is 17.3 Å². The van der Waals surface area contributed by atoms with Crippen molar-refractivity contribution in [2.75, 3.05) is 23.8 Å². The van der Waals surface area contributed by atoms with Crippen LogP contribution >= 0.6 is 11.3 Å². The zero-order valence-corrected chi connectivity index (χ0v) is 12.1. The fourth-order valence-corrected chi connectivity index (χ4v) is 2.51. The van der Waals surface area contributed by atoms with Crippen LogP contribution in [0, 0.1) is 0 Å². The molecule has 0 bridgehead atoms. The Bertz CT molecular complexity index is 581. The normalized spacial score (nSPS) is 18.2. The third-order valence-electron chi connectivity index (χ3n) is 3.12. The fraction of sp³-hybridized carbons (Fsp3) is 0.385. The minimum atomic E-state index is -0.244. The molecular formula is C13H15N5O2S. The topological polar surface area (TPSA) is 89.0 Å². The van der Waals surface area contributed by atoms with Gasteiger partial charge in [0.2, 0.25) is 5.13 Å². The molecule has 7 nitrogen and oxygen atoms in total. The number of hydrogen-bond acceptors (Lipinski definition) is 7. The summed E-state index contributed by atoms with van der Waals surface area (Å²) in [4.78, 5) is 16.2. The molecule has 8 heteroatoms. The second-order valence-corrected chi connectivity index (χ2v) is 5.52. The van der Waals surface area contributed by atoms with Crippen molar-refractivity contribution in [1.82, 2.24) is 15.2 Å². The van der Waals surface area contributed by atoms with Crippen LogP contribution in [0.3, 0.4) is 0 Å². The van der Waals surface area contributed by atoms with Crippen LogP contribution in [0.1, 0.15) is 23.2 Å². The standard InChI is InChI=1S/C13H15N5O2S/c19-12(17-13-18-15-8-21-13)9-3-4-11(14-6-9)16-10-2-1-5-20-7-10/h3-4,6,8,10H,1-2,5,7H2,(H,14,16)(H,17,18,19). The Morgan fingerprint density at radius 3 is 3.05 bits per heavy atom. The number of nitrogens with one attached hydrogen (secondary N) is 2. The first kappa shape index (κ1) is 13.9. The Hall–Kier alpha value is -2.06. The van der Waals surface area contributed by atoms with Crippen molar-refractivity contribution in [1.29, 1.82) is 0 Å². The molecule has 21 heavy (non-hydrogen) atoms. The maximum Gasteiger partial charge on any atom is 0.259 e. The molecule has 110 valence electrons. The van der Waals surface area contributed by atoms with Crippen LogP contribution in [0.15, 0.2) is 23.8 Å². The zero-order valence-electron chi connectivity index (χ0n) is 11.3. The van der Waals surface area contributed by atoms with Crippen molar-refractivity contribution >= 4 is 28.2 Å². The SMILES string of the molecule is O=C(Nc1nncs1)c1ccc(NC2CCCOC2)nc1. The Balaban J connectivity index is 1.59. The lowest BCUT2D eigenvalue weighted by Gasteiger charge is -2.23. The molecule has 1 amide bonds. The molecule has 0 spiro atoms. The molecular weight excluding hydrogens is 290 g/mol. The maximum atomic E-state index is 12.0. The molecule has 1 unspecified atom stereocenters. The lowest BCUT2D eigenvalue weighted by atomic mass is 10.1. The molecule has 1 fully saturated rings. The number of hydrogen-bond donors (Lipinski definition) is 2. The van der Waals surface area contributed by atoms with Gasteiger partial charge >= 0.3 is 0 Å². The first-order valence-electron chi connectivity index (χ1n) is 6.69. The van der Waals surface area contributed by atoms with E-state index in [1.807, 2.05) is 0 Å². The summed E-state index contributed by atoms with van der Waals surface area (Å²) < 4.78 is 5.41. The van der Waals surface area contributed by atoms with Gasteiger partial charge in [0.05, 0.1) is 18.2 Å². The van der Waals surface area contributed by atoms with Crippen LogP contribution in [0.2, 0.25) is 0 Å². The summed E-state index contributed by atoms with van der Waals surface area (Å²) >= 11 is 1.27. The van der Waals surface area contributed by atoms with Crippen LogP contribution in [0.25, 0.3) is 0 Å². The van der Waals surface area contributed by atoms with Gasteiger partial charge in [-0.15, -0.1) is 10.2 Å². The molecule has 0 saturated carbocycles. The van der Waals surface area contributed by atoms with Gasteiger partial charge in [0.15, 0.2) is 0 Å². The molecule has 0 aliphatic carbocycles. The minimum absolute atomic E-state index is 0.244.